The van der Waals surface area contributed by atoms with E-state index in [1.165, 1.54) is 19.3 Å². The van der Waals surface area contributed by atoms with E-state index in [0.29, 0.717) is 5.69 Å². The van der Waals surface area contributed by atoms with Crippen molar-refractivity contribution in [3.05, 3.63) is 16.0 Å². The molecule has 1 aromatic rings. The molecule has 14 heavy (non-hydrogen) atoms. The van der Waals surface area contributed by atoms with Gasteiger partial charge in [-0.1, -0.05) is 19.3 Å². The number of nitrogens with zero attached hydrogens (tertiary/aromatic N) is 2. The fourth-order valence-electron chi connectivity index (χ4n) is 2.00. The summed E-state index contributed by atoms with van der Waals surface area (Å²) < 4.78 is 0. The van der Waals surface area contributed by atoms with E-state index in [4.69, 9.17) is 5.73 Å². The van der Waals surface area contributed by atoms with Crippen LogP contribution < -0.4 is 11.3 Å². The fourth-order valence-corrected chi connectivity index (χ4v) is 2.00. The van der Waals surface area contributed by atoms with Crippen molar-refractivity contribution in [2.24, 2.45) is 0 Å². The van der Waals surface area contributed by atoms with Crippen LogP contribution in [0.3, 0.4) is 0 Å². The van der Waals surface area contributed by atoms with Crippen LogP contribution in [0.2, 0.25) is 0 Å². The quantitative estimate of drug-likeness (QED) is 0.692. The van der Waals surface area contributed by atoms with E-state index in [0.717, 1.165) is 12.8 Å². The van der Waals surface area contributed by atoms with Crippen LogP contribution in [0.15, 0.2) is 4.79 Å². The Morgan fingerprint density at radius 3 is 2.57 bits per heavy atom. The van der Waals surface area contributed by atoms with Gasteiger partial charge in [0.25, 0.3) is 5.56 Å². The molecule has 0 saturated heterocycles. The lowest BCUT2D eigenvalue weighted by Gasteiger charge is -2.19. The van der Waals surface area contributed by atoms with E-state index in [9.17, 15) is 4.79 Å². The molecule has 2 rings (SSSR count). The molecule has 0 radical (unpaired) electrons. The van der Waals surface area contributed by atoms with Crippen LogP contribution in [-0.2, 0) is 0 Å². The van der Waals surface area contributed by atoms with Crippen molar-refractivity contribution in [3.63, 3.8) is 0 Å². The minimum Gasteiger partial charge on any atom is -0.368 e. The summed E-state index contributed by atoms with van der Waals surface area (Å²) in [6, 6.07) is 0. The van der Waals surface area contributed by atoms with Crippen LogP contribution in [-0.4, -0.2) is 15.2 Å². The Hall–Kier alpha value is -1.39. The Morgan fingerprint density at radius 2 is 1.93 bits per heavy atom. The van der Waals surface area contributed by atoms with Gasteiger partial charge >= 0.3 is 0 Å². The van der Waals surface area contributed by atoms with Gasteiger partial charge in [0.1, 0.15) is 5.69 Å². The molecular formula is C9H14N4O. The van der Waals surface area contributed by atoms with Gasteiger partial charge in [-0.3, -0.25) is 9.78 Å². The van der Waals surface area contributed by atoms with Gasteiger partial charge in [-0.25, -0.2) is 0 Å². The van der Waals surface area contributed by atoms with E-state index < -0.39 is 0 Å². The Bertz CT molecular complexity index is 367. The molecule has 0 aromatic carbocycles. The largest absolute Gasteiger partial charge is 0.368 e. The van der Waals surface area contributed by atoms with Gasteiger partial charge in [-0.2, -0.15) is 0 Å². The molecule has 0 atom stereocenters. The lowest BCUT2D eigenvalue weighted by molar-refractivity contribution is 0.430. The molecule has 1 aromatic heterocycles. The Morgan fingerprint density at radius 1 is 1.21 bits per heavy atom. The highest BCUT2D eigenvalue weighted by Crippen LogP contribution is 2.29. The summed E-state index contributed by atoms with van der Waals surface area (Å²) in [6.45, 7) is 0. The molecule has 1 aliphatic rings. The van der Waals surface area contributed by atoms with Crippen molar-refractivity contribution in [1.29, 1.82) is 0 Å². The molecule has 0 unspecified atom stereocenters. The maximum absolute atomic E-state index is 11.5. The number of aromatic amines is 1. The predicted octanol–water partition coefficient (Wildman–Crippen LogP) is 0.795. The number of hydrogen-bond acceptors (Lipinski definition) is 4. The number of H-pyrrole nitrogens is 1. The first-order valence-electron chi connectivity index (χ1n) is 5.00. The maximum atomic E-state index is 11.5. The van der Waals surface area contributed by atoms with Crippen molar-refractivity contribution < 1.29 is 0 Å². The molecule has 1 fully saturated rings. The first-order chi connectivity index (χ1) is 6.77. The van der Waals surface area contributed by atoms with Crippen LogP contribution in [0, 0.1) is 0 Å². The summed E-state index contributed by atoms with van der Waals surface area (Å²) in [5.41, 5.74) is 5.71. The normalized spacial score (nSPS) is 18.3. The fraction of sp³-hybridized carbons (Fsp3) is 0.667. The third-order valence-electron chi connectivity index (χ3n) is 2.73. The zero-order valence-corrected chi connectivity index (χ0v) is 7.99. The zero-order valence-electron chi connectivity index (χ0n) is 7.99. The van der Waals surface area contributed by atoms with Gasteiger partial charge in [-0.05, 0) is 12.8 Å². The lowest BCUT2D eigenvalue weighted by atomic mass is 9.87. The standard InChI is InChI=1S/C9H14N4O/c10-9-11-8(14)7(12-13-9)6-4-2-1-3-5-6/h6H,1-5H2,(H3,10,11,13,14). The second-order valence-electron chi connectivity index (χ2n) is 3.76. The second-order valence-corrected chi connectivity index (χ2v) is 3.76. The van der Waals surface area contributed by atoms with E-state index in [1.807, 2.05) is 0 Å². The SMILES string of the molecule is Nc1nnc(C2CCCCC2)c(=O)[nH]1. The third-order valence-corrected chi connectivity index (χ3v) is 2.73. The average Bonchev–Trinajstić information content (AvgIpc) is 2.19. The van der Waals surface area contributed by atoms with Crippen LogP contribution in [0.5, 0.6) is 0 Å². The molecule has 76 valence electrons. The monoisotopic (exact) mass is 194 g/mol. The van der Waals surface area contributed by atoms with E-state index in [-0.39, 0.29) is 17.4 Å². The molecule has 3 N–H and O–H groups in total. The molecule has 1 heterocycles. The van der Waals surface area contributed by atoms with E-state index in [2.05, 4.69) is 15.2 Å². The summed E-state index contributed by atoms with van der Waals surface area (Å²) in [4.78, 5) is 14.0. The zero-order chi connectivity index (χ0) is 9.97. The maximum Gasteiger partial charge on any atom is 0.274 e. The minimum absolute atomic E-state index is 0.0922. The smallest absolute Gasteiger partial charge is 0.274 e. The molecule has 5 nitrogen and oxygen atoms in total. The summed E-state index contributed by atoms with van der Waals surface area (Å²) in [7, 11) is 0. The summed E-state index contributed by atoms with van der Waals surface area (Å²) in [5.74, 6) is 0.371. The van der Waals surface area contributed by atoms with Crippen molar-refractivity contribution in [2.45, 2.75) is 38.0 Å². The van der Waals surface area contributed by atoms with Gasteiger partial charge in [0.05, 0.1) is 0 Å². The average molecular weight is 194 g/mol. The number of hydrogen-bond donors (Lipinski definition) is 2. The number of nitrogens with one attached hydrogen (secondary N) is 1. The Kier molecular flexibility index (Phi) is 2.47. The first-order valence-corrected chi connectivity index (χ1v) is 5.00. The van der Waals surface area contributed by atoms with Crippen LogP contribution >= 0.6 is 0 Å². The van der Waals surface area contributed by atoms with E-state index >= 15 is 0 Å². The van der Waals surface area contributed by atoms with E-state index in [1.54, 1.807) is 0 Å². The first kappa shape index (κ1) is 9.18. The predicted molar refractivity (Wildman–Crippen MR) is 52.9 cm³/mol. The van der Waals surface area contributed by atoms with Crippen LogP contribution in [0.4, 0.5) is 5.95 Å². The Balaban J connectivity index is 2.26. The number of nitrogens with two attached hydrogens (primary N) is 1. The minimum atomic E-state index is -0.176. The molecular weight excluding hydrogens is 180 g/mol. The molecule has 1 saturated carbocycles. The molecule has 5 heteroatoms. The van der Waals surface area contributed by atoms with Gasteiger partial charge in [0, 0.05) is 5.92 Å². The summed E-state index contributed by atoms with van der Waals surface area (Å²) >= 11 is 0. The highest BCUT2D eigenvalue weighted by molar-refractivity contribution is 5.14. The molecule has 0 bridgehead atoms. The van der Waals surface area contributed by atoms with Crippen molar-refractivity contribution in [3.8, 4) is 0 Å². The topological polar surface area (TPSA) is 84.7 Å². The highest BCUT2D eigenvalue weighted by Gasteiger charge is 2.20. The van der Waals surface area contributed by atoms with Gasteiger partial charge < -0.3 is 5.73 Å². The lowest BCUT2D eigenvalue weighted by Crippen LogP contribution is -2.22. The van der Waals surface area contributed by atoms with Crippen LogP contribution in [0.1, 0.15) is 43.7 Å². The van der Waals surface area contributed by atoms with Gasteiger partial charge in [0.2, 0.25) is 5.95 Å². The number of rotatable bonds is 1. The summed E-state index contributed by atoms with van der Waals surface area (Å²) in [5, 5.41) is 7.57. The second kappa shape index (κ2) is 3.77. The highest BCUT2D eigenvalue weighted by atomic mass is 16.1. The van der Waals surface area contributed by atoms with Crippen molar-refractivity contribution in [2.75, 3.05) is 5.73 Å². The van der Waals surface area contributed by atoms with Gasteiger partial charge in [-0.15, -0.1) is 10.2 Å². The summed E-state index contributed by atoms with van der Waals surface area (Å²) in [6.07, 6.45) is 5.70. The molecule has 0 amide bonds. The van der Waals surface area contributed by atoms with Crippen molar-refractivity contribution in [1.82, 2.24) is 15.2 Å². The Labute approximate surface area is 81.7 Å². The number of nitrogen functional groups attached to an aromatic ring is 1. The molecule has 0 aliphatic heterocycles. The number of anilines is 1. The molecule has 1 aliphatic carbocycles. The molecule has 0 spiro atoms. The number of aromatic nitrogens is 3. The van der Waals surface area contributed by atoms with Crippen LogP contribution in [0.25, 0.3) is 0 Å². The third kappa shape index (κ3) is 1.76. The van der Waals surface area contributed by atoms with Crippen molar-refractivity contribution >= 4 is 5.95 Å². The van der Waals surface area contributed by atoms with Gasteiger partial charge in [0.15, 0.2) is 0 Å².